The fourth-order valence-corrected chi connectivity index (χ4v) is 5.07. The van der Waals surface area contributed by atoms with Crippen LogP contribution in [-0.4, -0.2) is 43.1 Å². The van der Waals surface area contributed by atoms with Crippen LogP contribution >= 0.6 is 0 Å². The number of alkyl halides is 3. The molecule has 3 aromatic rings. The van der Waals surface area contributed by atoms with E-state index in [2.05, 4.69) is 5.10 Å². The first-order chi connectivity index (χ1) is 17.2. The van der Waals surface area contributed by atoms with E-state index in [9.17, 15) is 18.0 Å². The highest BCUT2D eigenvalue weighted by Gasteiger charge is 2.36. The molecule has 1 aromatic heterocycles. The number of halogens is 3. The molecule has 1 atom stereocenters. The van der Waals surface area contributed by atoms with Crippen LogP contribution in [0, 0.1) is 0 Å². The second-order valence-electron chi connectivity index (χ2n) is 9.17. The van der Waals surface area contributed by atoms with Gasteiger partial charge in [0.2, 0.25) is 0 Å². The Labute approximate surface area is 206 Å². The molecule has 1 fully saturated rings. The van der Waals surface area contributed by atoms with Gasteiger partial charge in [0, 0.05) is 42.0 Å². The van der Waals surface area contributed by atoms with E-state index >= 15 is 0 Å². The van der Waals surface area contributed by atoms with Crippen molar-refractivity contribution >= 4 is 5.69 Å². The van der Waals surface area contributed by atoms with Crippen molar-refractivity contribution in [3.05, 3.63) is 63.4 Å². The first-order valence-corrected chi connectivity index (χ1v) is 11.8. The molecule has 2 N–H and O–H groups in total. The average Bonchev–Trinajstić information content (AvgIpc) is 3.53. The highest BCUT2D eigenvalue weighted by atomic mass is 19.4. The Morgan fingerprint density at radius 2 is 1.72 bits per heavy atom. The van der Waals surface area contributed by atoms with Gasteiger partial charge in [-0.3, -0.25) is 4.79 Å². The molecule has 0 saturated carbocycles. The van der Waals surface area contributed by atoms with E-state index in [4.69, 9.17) is 15.2 Å². The van der Waals surface area contributed by atoms with Crippen LogP contribution in [0.25, 0.3) is 16.9 Å². The Hall–Kier alpha value is -3.53. The molecular weight excluding hydrogens is 473 g/mol. The van der Waals surface area contributed by atoms with E-state index in [-0.39, 0.29) is 11.7 Å². The topological polar surface area (TPSA) is 82.6 Å². The number of nitrogens with zero attached hydrogens (tertiary/aromatic N) is 3. The first-order valence-electron chi connectivity index (χ1n) is 11.8. The zero-order valence-electron chi connectivity index (χ0n) is 20.1. The smallest absolute Gasteiger partial charge is 0.418 e. The van der Waals surface area contributed by atoms with Crippen LogP contribution in [-0.2, 0) is 19.0 Å². The summed E-state index contributed by atoms with van der Waals surface area (Å²) in [7, 11) is 3.03. The van der Waals surface area contributed by atoms with E-state index in [0.29, 0.717) is 59.9 Å². The third-order valence-electron chi connectivity index (χ3n) is 6.88. The third kappa shape index (κ3) is 4.30. The molecular formula is C26H27F3N4O3. The van der Waals surface area contributed by atoms with Gasteiger partial charge in [-0.25, -0.2) is 0 Å². The molecule has 0 spiro atoms. The summed E-state index contributed by atoms with van der Waals surface area (Å²) in [6.07, 6.45) is -2.11. The lowest BCUT2D eigenvalue weighted by Crippen LogP contribution is -2.29. The Morgan fingerprint density at radius 1 is 1.03 bits per heavy atom. The molecule has 1 aliphatic heterocycles. The summed E-state index contributed by atoms with van der Waals surface area (Å²) >= 11 is 0. The quantitative estimate of drug-likeness (QED) is 0.571. The van der Waals surface area contributed by atoms with Gasteiger partial charge in [-0.05, 0) is 61.6 Å². The Bertz CT molecular complexity index is 1350. The molecule has 0 radical (unpaired) electrons. The third-order valence-corrected chi connectivity index (χ3v) is 6.88. The van der Waals surface area contributed by atoms with Gasteiger partial charge < -0.3 is 20.1 Å². The molecule has 2 aromatic carbocycles. The molecule has 10 heteroatoms. The number of rotatable bonds is 5. The number of hydrogen-bond donors (Lipinski definition) is 1. The van der Waals surface area contributed by atoms with Crippen LogP contribution in [0.15, 0.2) is 41.2 Å². The maximum absolute atomic E-state index is 14.1. The maximum Gasteiger partial charge on any atom is 0.418 e. The minimum Gasteiger partial charge on any atom is -0.497 e. The van der Waals surface area contributed by atoms with Crippen LogP contribution in [0.2, 0.25) is 0 Å². The number of ether oxygens (including phenoxy) is 2. The van der Waals surface area contributed by atoms with Gasteiger partial charge in [-0.15, -0.1) is 0 Å². The van der Waals surface area contributed by atoms with E-state index in [1.54, 1.807) is 18.2 Å². The van der Waals surface area contributed by atoms with Crippen molar-refractivity contribution in [1.82, 2.24) is 9.78 Å². The van der Waals surface area contributed by atoms with E-state index in [0.717, 1.165) is 29.2 Å². The van der Waals surface area contributed by atoms with Crippen molar-refractivity contribution in [3.63, 3.8) is 0 Å². The Kier molecular flexibility index (Phi) is 6.15. The predicted octanol–water partition coefficient (Wildman–Crippen LogP) is 3.96. The molecule has 0 amide bonds. The van der Waals surface area contributed by atoms with Crippen molar-refractivity contribution < 1.29 is 22.6 Å². The van der Waals surface area contributed by atoms with Gasteiger partial charge in [0.1, 0.15) is 11.5 Å². The minimum absolute atomic E-state index is 0.0498. The molecule has 1 saturated heterocycles. The Balaban J connectivity index is 1.75. The lowest BCUT2D eigenvalue weighted by Gasteiger charge is -2.22. The summed E-state index contributed by atoms with van der Waals surface area (Å²) in [5, 5.41) is 4.54. The molecule has 36 heavy (non-hydrogen) atoms. The SMILES string of the molecule is COc1cc(OC)cc(-c2nn(-c3cc(N4CCC(N)C4)ccc3C(F)(F)F)c(=O)c3c2CCC3)c1. The predicted molar refractivity (Wildman–Crippen MR) is 130 cm³/mol. The van der Waals surface area contributed by atoms with Gasteiger partial charge >= 0.3 is 6.18 Å². The average molecular weight is 501 g/mol. The molecule has 5 rings (SSSR count). The number of methoxy groups -OCH3 is 2. The molecule has 2 aliphatic rings. The van der Waals surface area contributed by atoms with Crippen molar-refractivity contribution in [2.24, 2.45) is 5.73 Å². The van der Waals surface area contributed by atoms with Crippen molar-refractivity contribution in [2.75, 3.05) is 32.2 Å². The largest absolute Gasteiger partial charge is 0.497 e. The number of nitrogens with two attached hydrogens (primary N) is 1. The molecule has 190 valence electrons. The second-order valence-corrected chi connectivity index (χ2v) is 9.17. The number of benzene rings is 2. The summed E-state index contributed by atoms with van der Waals surface area (Å²) < 4.78 is 54.0. The zero-order chi connectivity index (χ0) is 25.6. The van der Waals surface area contributed by atoms with Crippen molar-refractivity contribution in [2.45, 2.75) is 37.9 Å². The van der Waals surface area contributed by atoms with E-state index < -0.39 is 17.3 Å². The Morgan fingerprint density at radius 3 is 2.33 bits per heavy atom. The van der Waals surface area contributed by atoms with Gasteiger partial charge in [0.25, 0.3) is 5.56 Å². The number of aromatic nitrogens is 2. The fourth-order valence-electron chi connectivity index (χ4n) is 5.07. The number of anilines is 1. The fraction of sp³-hybridized carbons (Fsp3) is 0.385. The van der Waals surface area contributed by atoms with Gasteiger partial charge in [-0.1, -0.05) is 0 Å². The van der Waals surface area contributed by atoms with Crippen LogP contribution in [0.4, 0.5) is 18.9 Å². The highest BCUT2D eigenvalue weighted by molar-refractivity contribution is 5.69. The normalized spacial score (nSPS) is 17.4. The summed E-state index contributed by atoms with van der Waals surface area (Å²) in [5.41, 5.74) is 7.14. The van der Waals surface area contributed by atoms with Crippen molar-refractivity contribution in [1.29, 1.82) is 0 Å². The maximum atomic E-state index is 14.1. The van der Waals surface area contributed by atoms with Crippen LogP contribution in [0.5, 0.6) is 11.5 Å². The number of hydrogen-bond acceptors (Lipinski definition) is 6. The molecule has 1 aliphatic carbocycles. The van der Waals surface area contributed by atoms with Crippen LogP contribution < -0.4 is 25.7 Å². The summed E-state index contributed by atoms with van der Waals surface area (Å²) in [6.45, 7) is 1.17. The molecule has 0 bridgehead atoms. The summed E-state index contributed by atoms with van der Waals surface area (Å²) in [4.78, 5) is 15.4. The first kappa shape index (κ1) is 24.2. The summed E-state index contributed by atoms with van der Waals surface area (Å²) in [6, 6.07) is 8.97. The molecule has 7 nitrogen and oxygen atoms in total. The second kappa shape index (κ2) is 9.16. The molecule has 2 heterocycles. The van der Waals surface area contributed by atoms with Crippen LogP contribution in [0.1, 0.15) is 29.5 Å². The van der Waals surface area contributed by atoms with Gasteiger partial charge in [0.05, 0.1) is 31.2 Å². The summed E-state index contributed by atoms with van der Waals surface area (Å²) in [5.74, 6) is 1.03. The van der Waals surface area contributed by atoms with Crippen molar-refractivity contribution in [3.8, 4) is 28.4 Å². The lowest BCUT2D eigenvalue weighted by atomic mass is 10.0. The monoisotopic (exact) mass is 500 g/mol. The lowest BCUT2D eigenvalue weighted by molar-refractivity contribution is -0.137. The van der Waals surface area contributed by atoms with E-state index in [1.807, 2.05) is 4.90 Å². The van der Waals surface area contributed by atoms with E-state index in [1.165, 1.54) is 26.4 Å². The standard InChI is InChI=1S/C26H27F3N4O3/c1-35-18-10-15(11-19(13-18)36-2)24-20-4-3-5-21(20)25(34)33(31-24)23-12-17(32-9-8-16(30)14-32)6-7-22(23)26(27,28)29/h6-7,10-13,16H,3-5,8-9,14,30H2,1-2H3. The number of fused-ring (bicyclic) bond motifs is 1. The molecule has 1 unspecified atom stereocenters. The zero-order valence-corrected chi connectivity index (χ0v) is 20.1. The van der Waals surface area contributed by atoms with Gasteiger partial charge in [0.15, 0.2) is 0 Å². The van der Waals surface area contributed by atoms with Crippen LogP contribution in [0.3, 0.4) is 0 Å². The van der Waals surface area contributed by atoms with Gasteiger partial charge in [-0.2, -0.15) is 23.0 Å². The highest BCUT2D eigenvalue weighted by Crippen LogP contribution is 2.38. The minimum atomic E-state index is -4.67.